The second-order valence-electron chi connectivity index (χ2n) is 8.70. The molecule has 0 spiro atoms. The van der Waals surface area contributed by atoms with E-state index in [1.165, 1.54) is 11.1 Å². The van der Waals surface area contributed by atoms with E-state index in [-0.39, 0.29) is 23.1 Å². The standard InChI is InChI=1S/C28H22Br2N2O3/c29-20-12-8-17(9-13-20)16-19-4-3-7-24-25(19)31-32(26(24)18-10-14-21(30)15-11-18)27(33)22-5-1-2-6-23(22)28(34)35/h1-2,5-6,8-16,24,26H,3-4,7H2,(H,34,35)/b19-16-. The first-order chi connectivity index (χ1) is 16.9. The Morgan fingerprint density at radius 2 is 1.54 bits per heavy atom. The molecule has 0 aromatic heterocycles. The minimum Gasteiger partial charge on any atom is -0.478 e. The van der Waals surface area contributed by atoms with Gasteiger partial charge in [0.2, 0.25) is 0 Å². The van der Waals surface area contributed by atoms with E-state index in [4.69, 9.17) is 5.10 Å². The number of rotatable bonds is 4. The number of carboxylic acid groups (broad SMARTS) is 1. The number of nitrogens with zero attached hydrogens (tertiary/aromatic N) is 2. The van der Waals surface area contributed by atoms with Crippen molar-refractivity contribution in [1.29, 1.82) is 0 Å². The number of halogens is 2. The Bertz CT molecular complexity index is 1350. The zero-order valence-electron chi connectivity index (χ0n) is 18.7. The Kier molecular flexibility index (Phi) is 6.71. The van der Waals surface area contributed by atoms with Gasteiger partial charge in [0.25, 0.3) is 5.91 Å². The summed E-state index contributed by atoms with van der Waals surface area (Å²) < 4.78 is 1.97. The molecule has 35 heavy (non-hydrogen) atoms. The highest BCUT2D eigenvalue weighted by Crippen LogP contribution is 2.45. The van der Waals surface area contributed by atoms with Crippen LogP contribution in [0, 0.1) is 5.92 Å². The summed E-state index contributed by atoms with van der Waals surface area (Å²) in [5.74, 6) is -1.50. The summed E-state index contributed by atoms with van der Waals surface area (Å²) in [6.07, 6.45) is 4.93. The highest BCUT2D eigenvalue weighted by Gasteiger charge is 2.44. The van der Waals surface area contributed by atoms with Gasteiger partial charge in [-0.2, -0.15) is 5.10 Å². The maximum atomic E-state index is 13.8. The topological polar surface area (TPSA) is 70.0 Å². The van der Waals surface area contributed by atoms with Gasteiger partial charge < -0.3 is 5.11 Å². The van der Waals surface area contributed by atoms with Gasteiger partial charge in [-0.05, 0) is 78.4 Å². The van der Waals surface area contributed by atoms with E-state index < -0.39 is 11.9 Å². The average molecular weight is 594 g/mol. The van der Waals surface area contributed by atoms with Crippen LogP contribution in [0.1, 0.15) is 57.1 Å². The van der Waals surface area contributed by atoms with Crippen LogP contribution in [0.4, 0.5) is 0 Å². The molecule has 5 rings (SSSR count). The van der Waals surface area contributed by atoms with E-state index in [1.807, 2.05) is 36.4 Å². The van der Waals surface area contributed by atoms with Gasteiger partial charge >= 0.3 is 5.97 Å². The average Bonchev–Trinajstić information content (AvgIpc) is 3.26. The van der Waals surface area contributed by atoms with Crippen molar-refractivity contribution in [3.63, 3.8) is 0 Å². The zero-order chi connectivity index (χ0) is 24.5. The molecule has 0 saturated heterocycles. The van der Waals surface area contributed by atoms with Gasteiger partial charge in [-0.3, -0.25) is 4.79 Å². The van der Waals surface area contributed by atoms with Crippen molar-refractivity contribution in [2.24, 2.45) is 11.0 Å². The summed E-state index contributed by atoms with van der Waals surface area (Å²) in [6, 6.07) is 22.1. The van der Waals surface area contributed by atoms with E-state index in [0.29, 0.717) is 0 Å². The molecule has 1 aliphatic carbocycles. The Hall–Kier alpha value is -3.03. The molecule has 2 unspecified atom stereocenters. The molecule has 1 N–H and O–H groups in total. The SMILES string of the molecule is O=C(O)c1ccccc1C(=O)N1N=C2/C(=C\c3ccc(Br)cc3)CCCC2C1c1ccc(Br)cc1. The summed E-state index contributed by atoms with van der Waals surface area (Å²) in [6.45, 7) is 0. The third-order valence-corrected chi connectivity index (χ3v) is 7.58. The molecule has 2 atom stereocenters. The van der Waals surface area contributed by atoms with Crippen molar-refractivity contribution in [2.75, 3.05) is 0 Å². The first-order valence-electron chi connectivity index (χ1n) is 11.4. The van der Waals surface area contributed by atoms with E-state index in [2.05, 4.69) is 50.1 Å². The summed E-state index contributed by atoms with van der Waals surface area (Å²) in [7, 11) is 0. The molecule has 7 heteroatoms. The van der Waals surface area contributed by atoms with Crippen LogP contribution in [-0.2, 0) is 0 Å². The number of benzene rings is 3. The van der Waals surface area contributed by atoms with Gasteiger partial charge in [0, 0.05) is 14.9 Å². The van der Waals surface area contributed by atoms with Gasteiger partial charge in [0.1, 0.15) is 0 Å². The van der Waals surface area contributed by atoms with Crippen LogP contribution >= 0.6 is 31.9 Å². The predicted octanol–water partition coefficient (Wildman–Crippen LogP) is 7.35. The Morgan fingerprint density at radius 3 is 2.20 bits per heavy atom. The van der Waals surface area contributed by atoms with Crippen LogP contribution in [0.2, 0.25) is 0 Å². The van der Waals surface area contributed by atoms with Crippen LogP contribution < -0.4 is 0 Å². The smallest absolute Gasteiger partial charge is 0.336 e. The number of allylic oxidation sites excluding steroid dienone is 1. The second kappa shape index (κ2) is 9.91. The molecule has 1 fully saturated rings. The third kappa shape index (κ3) is 4.75. The largest absolute Gasteiger partial charge is 0.478 e. The number of amides is 1. The molecular weight excluding hydrogens is 572 g/mol. The fraction of sp³-hybridized carbons (Fsp3) is 0.179. The first-order valence-corrected chi connectivity index (χ1v) is 13.0. The second-order valence-corrected chi connectivity index (χ2v) is 10.5. The van der Waals surface area contributed by atoms with Crippen molar-refractivity contribution in [3.05, 3.63) is 110 Å². The van der Waals surface area contributed by atoms with Crippen LogP contribution in [0.5, 0.6) is 0 Å². The Morgan fingerprint density at radius 1 is 0.914 bits per heavy atom. The molecule has 0 radical (unpaired) electrons. The molecule has 1 heterocycles. The maximum Gasteiger partial charge on any atom is 0.336 e. The minimum atomic E-state index is -1.13. The van der Waals surface area contributed by atoms with Crippen molar-refractivity contribution in [2.45, 2.75) is 25.3 Å². The minimum absolute atomic E-state index is 0.0206. The molecule has 2 aliphatic rings. The lowest BCUT2D eigenvalue weighted by molar-refractivity contribution is 0.0646. The number of carbonyl (C=O) groups is 2. The van der Waals surface area contributed by atoms with Crippen molar-refractivity contribution in [1.82, 2.24) is 5.01 Å². The number of aromatic carboxylic acids is 1. The van der Waals surface area contributed by atoms with E-state index in [9.17, 15) is 14.7 Å². The summed E-state index contributed by atoms with van der Waals surface area (Å²) >= 11 is 6.98. The van der Waals surface area contributed by atoms with Gasteiger partial charge in [-0.1, -0.05) is 68.3 Å². The lowest BCUT2D eigenvalue weighted by Gasteiger charge is -2.30. The number of carbonyl (C=O) groups excluding carboxylic acids is 1. The summed E-state index contributed by atoms with van der Waals surface area (Å²) in [5, 5.41) is 16.1. The van der Waals surface area contributed by atoms with Gasteiger partial charge in [-0.25, -0.2) is 9.80 Å². The normalized spacial score (nSPS) is 20.5. The van der Waals surface area contributed by atoms with Crippen LogP contribution in [0.15, 0.2) is 92.4 Å². The molecule has 0 bridgehead atoms. The molecule has 1 aliphatic heterocycles. The number of hydrazone groups is 1. The molecule has 3 aromatic carbocycles. The quantitative estimate of drug-likeness (QED) is 0.344. The molecular formula is C28H22Br2N2O3. The number of fused-ring (bicyclic) bond motifs is 1. The number of carboxylic acids is 1. The first kappa shape index (κ1) is 23.7. The molecule has 1 amide bonds. The van der Waals surface area contributed by atoms with Crippen molar-refractivity contribution in [3.8, 4) is 0 Å². The number of hydrogen-bond acceptors (Lipinski definition) is 3. The Labute approximate surface area is 220 Å². The molecule has 3 aromatic rings. The highest BCUT2D eigenvalue weighted by molar-refractivity contribution is 9.10. The predicted molar refractivity (Wildman–Crippen MR) is 143 cm³/mol. The lowest BCUT2D eigenvalue weighted by atomic mass is 9.77. The zero-order valence-corrected chi connectivity index (χ0v) is 21.9. The van der Waals surface area contributed by atoms with Gasteiger partial charge in [-0.15, -0.1) is 0 Å². The fourth-order valence-corrected chi connectivity index (χ4v) is 5.43. The van der Waals surface area contributed by atoms with Crippen molar-refractivity contribution < 1.29 is 14.7 Å². The highest BCUT2D eigenvalue weighted by atomic mass is 79.9. The van der Waals surface area contributed by atoms with Crippen LogP contribution in [-0.4, -0.2) is 27.7 Å². The van der Waals surface area contributed by atoms with E-state index >= 15 is 0 Å². The summed E-state index contributed by atoms with van der Waals surface area (Å²) in [5.41, 5.74) is 4.20. The van der Waals surface area contributed by atoms with E-state index in [0.717, 1.165) is 50.6 Å². The van der Waals surface area contributed by atoms with Gasteiger partial charge in [0.05, 0.1) is 22.9 Å². The molecule has 5 nitrogen and oxygen atoms in total. The molecule has 1 saturated carbocycles. The van der Waals surface area contributed by atoms with Crippen LogP contribution in [0.25, 0.3) is 6.08 Å². The Balaban J connectivity index is 1.60. The van der Waals surface area contributed by atoms with E-state index in [1.54, 1.807) is 18.2 Å². The lowest BCUT2D eigenvalue weighted by Crippen LogP contribution is -2.32. The maximum absolute atomic E-state index is 13.8. The number of hydrogen-bond donors (Lipinski definition) is 1. The monoisotopic (exact) mass is 592 g/mol. The van der Waals surface area contributed by atoms with Crippen LogP contribution in [0.3, 0.4) is 0 Å². The fourth-order valence-electron chi connectivity index (χ4n) is 4.90. The van der Waals surface area contributed by atoms with Crippen molar-refractivity contribution >= 4 is 55.5 Å². The molecule has 176 valence electrons. The van der Waals surface area contributed by atoms with Gasteiger partial charge in [0.15, 0.2) is 0 Å². The third-order valence-electron chi connectivity index (χ3n) is 6.52. The summed E-state index contributed by atoms with van der Waals surface area (Å²) in [4.78, 5) is 25.6.